The van der Waals surface area contributed by atoms with Crippen LogP contribution in [0.25, 0.3) is 6.08 Å². The molecule has 0 atom stereocenters. The number of benzene rings is 1. The quantitative estimate of drug-likeness (QED) is 0.623. The summed E-state index contributed by atoms with van der Waals surface area (Å²) >= 11 is 0. The van der Waals surface area contributed by atoms with E-state index >= 15 is 0 Å². The summed E-state index contributed by atoms with van der Waals surface area (Å²) in [5, 5.41) is 0. The lowest BCUT2D eigenvalue weighted by atomic mass is 10.2. The molecule has 19 heavy (non-hydrogen) atoms. The molecular formula is C15H13NO3. The molecule has 4 heteroatoms. The maximum atomic E-state index is 11.9. The molecule has 4 nitrogen and oxygen atoms in total. The Balaban J connectivity index is 2.18. The Kier molecular flexibility index (Phi) is 3.93. The summed E-state index contributed by atoms with van der Waals surface area (Å²) in [4.78, 5) is 22.6. The predicted octanol–water partition coefficient (Wildman–Crippen LogP) is 2.66. The van der Waals surface area contributed by atoms with Gasteiger partial charge in [0.1, 0.15) is 5.75 Å². The van der Waals surface area contributed by atoms with Gasteiger partial charge >= 0.3 is 0 Å². The van der Waals surface area contributed by atoms with Gasteiger partial charge in [-0.05, 0) is 35.9 Å². The van der Waals surface area contributed by atoms with Gasteiger partial charge in [0.2, 0.25) is 0 Å². The molecule has 0 aliphatic rings. The van der Waals surface area contributed by atoms with Gasteiger partial charge in [0.05, 0.1) is 12.8 Å². The molecule has 0 aliphatic heterocycles. The molecule has 96 valence electrons. The van der Waals surface area contributed by atoms with E-state index in [1.807, 2.05) is 24.3 Å². The minimum atomic E-state index is -0.269. The number of ether oxygens (including phenoxy) is 1. The van der Waals surface area contributed by atoms with E-state index in [1.165, 1.54) is 10.6 Å². The first-order valence-electron chi connectivity index (χ1n) is 5.73. The van der Waals surface area contributed by atoms with Gasteiger partial charge in [0.25, 0.3) is 5.91 Å². The van der Waals surface area contributed by atoms with Crippen LogP contribution in [0, 0.1) is 0 Å². The topological polar surface area (TPSA) is 48.3 Å². The van der Waals surface area contributed by atoms with E-state index in [-0.39, 0.29) is 5.91 Å². The predicted molar refractivity (Wildman–Crippen MR) is 72.5 cm³/mol. The first kappa shape index (κ1) is 12.8. The highest BCUT2D eigenvalue weighted by molar-refractivity contribution is 5.96. The van der Waals surface area contributed by atoms with Crippen LogP contribution in [0.5, 0.6) is 5.75 Å². The van der Waals surface area contributed by atoms with E-state index in [0.29, 0.717) is 12.0 Å². The average molecular weight is 255 g/mol. The van der Waals surface area contributed by atoms with E-state index in [2.05, 4.69) is 0 Å². The Labute approximate surface area is 110 Å². The van der Waals surface area contributed by atoms with Crippen molar-refractivity contribution >= 4 is 18.3 Å². The van der Waals surface area contributed by atoms with Crippen molar-refractivity contribution in [2.75, 3.05) is 7.11 Å². The molecule has 0 radical (unpaired) electrons. The number of hydrogen-bond acceptors (Lipinski definition) is 3. The van der Waals surface area contributed by atoms with Crippen molar-refractivity contribution in [2.45, 2.75) is 0 Å². The highest BCUT2D eigenvalue weighted by atomic mass is 16.5. The fourth-order valence-corrected chi connectivity index (χ4v) is 1.68. The van der Waals surface area contributed by atoms with Crippen LogP contribution in [0.15, 0.2) is 48.7 Å². The maximum absolute atomic E-state index is 11.9. The third kappa shape index (κ3) is 2.98. The van der Waals surface area contributed by atoms with E-state index < -0.39 is 0 Å². The molecule has 0 spiro atoms. The Morgan fingerprint density at radius 2 is 2.11 bits per heavy atom. The second-order valence-electron chi connectivity index (χ2n) is 3.87. The zero-order valence-corrected chi connectivity index (χ0v) is 10.4. The average Bonchev–Trinajstić information content (AvgIpc) is 2.93. The highest BCUT2D eigenvalue weighted by Gasteiger charge is 2.04. The van der Waals surface area contributed by atoms with Gasteiger partial charge in [-0.3, -0.25) is 14.2 Å². The molecule has 0 fully saturated rings. The maximum Gasteiger partial charge on any atom is 0.255 e. The Hall–Kier alpha value is -2.62. The summed E-state index contributed by atoms with van der Waals surface area (Å²) in [5.74, 6) is 0.457. The Bertz CT molecular complexity index is 626. The standard InChI is InChI=1S/C15H13NO3/c1-19-14-6-2-4-12(10-14)7-8-15(18)16-9-3-5-13(16)11-17/h2-11H,1H3/b8-7+. The monoisotopic (exact) mass is 255 g/mol. The van der Waals surface area contributed by atoms with Crippen molar-refractivity contribution in [3.05, 3.63) is 59.9 Å². The van der Waals surface area contributed by atoms with E-state index in [1.54, 1.807) is 31.5 Å². The number of aromatic nitrogens is 1. The van der Waals surface area contributed by atoms with Crippen LogP contribution in [-0.2, 0) is 0 Å². The van der Waals surface area contributed by atoms with Crippen LogP contribution < -0.4 is 4.74 Å². The molecule has 1 aromatic carbocycles. The second kappa shape index (κ2) is 5.82. The van der Waals surface area contributed by atoms with Gasteiger partial charge < -0.3 is 4.74 Å². The third-order valence-corrected chi connectivity index (χ3v) is 2.65. The van der Waals surface area contributed by atoms with Crippen molar-refractivity contribution in [1.29, 1.82) is 0 Å². The van der Waals surface area contributed by atoms with Crippen LogP contribution in [0.2, 0.25) is 0 Å². The lowest BCUT2D eigenvalue weighted by molar-refractivity contribution is 0.0956. The van der Waals surface area contributed by atoms with Crippen molar-refractivity contribution in [3.8, 4) is 5.75 Å². The molecule has 0 saturated carbocycles. The van der Waals surface area contributed by atoms with Crippen LogP contribution in [0.4, 0.5) is 0 Å². The van der Waals surface area contributed by atoms with Gasteiger partial charge in [0.15, 0.2) is 6.29 Å². The molecule has 0 unspecified atom stereocenters. The van der Waals surface area contributed by atoms with Gasteiger partial charge in [-0.25, -0.2) is 0 Å². The van der Waals surface area contributed by atoms with Crippen LogP contribution >= 0.6 is 0 Å². The molecule has 0 amide bonds. The fourth-order valence-electron chi connectivity index (χ4n) is 1.68. The van der Waals surface area contributed by atoms with Crippen molar-refractivity contribution in [3.63, 3.8) is 0 Å². The number of carbonyl (C=O) groups excluding carboxylic acids is 2. The summed E-state index contributed by atoms with van der Waals surface area (Å²) in [6.45, 7) is 0. The minimum Gasteiger partial charge on any atom is -0.497 e. The smallest absolute Gasteiger partial charge is 0.255 e. The van der Waals surface area contributed by atoms with E-state index in [4.69, 9.17) is 4.74 Å². The lowest BCUT2D eigenvalue weighted by Gasteiger charge is -2.01. The zero-order chi connectivity index (χ0) is 13.7. The molecule has 1 heterocycles. The van der Waals surface area contributed by atoms with Crippen LogP contribution in [0.1, 0.15) is 20.8 Å². The SMILES string of the molecule is COc1cccc(/C=C/C(=O)n2cccc2C=O)c1. The van der Waals surface area contributed by atoms with Gasteiger partial charge in [-0.1, -0.05) is 12.1 Å². The second-order valence-corrected chi connectivity index (χ2v) is 3.87. The third-order valence-electron chi connectivity index (χ3n) is 2.65. The number of methoxy groups -OCH3 is 1. The molecule has 1 aromatic heterocycles. The summed E-state index contributed by atoms with van der Waals surface area (Å²) in [7, 11) is 1.59. The molecule has 0 aliphatic carbocycles. The van der Waals surface area contributed by atoms with Crippen molar-refractivity contribution in [1.82, 2.24) is 4.57 Å². The Morgan fingerprint density at radius 1 is 1.26 bits per heavy atom. The largest absolute Gasteiger partial charge is 0.497 e. The molecular weight excluding hydrogens is 242 g/mol. The van der Waals surface area contributed by atoms with Crippen molar-refractivity contribution < 1.29 is 14.3 Å². The fraction of sp³-hybridized carbons (Fsp3) is 0.0667. The molecule has 0 saturated heterocycles. The van der Waals surface area contributed by atoms with Gasteiger partial charge in [-0.15, -0.1) is 0 Å². The summed E-state index contributed by atoms with van der Waals surface area (Å²) in [6, 6.07) is 10.6. The van der Waals surface area contributed by atoms with Crippen LogP contribution in [-0.4, -0.2) is 23.9 Å². The van der Waals surface area contributed by atoms with Gasteiger partial charge in [-0.2, -0.15) is 0 Å². The summed E-state index contributed by atoms with van der Waals surface area (Å²) in [6.07, 6.45) is 5.31. The lowest BCUT2D eigenvalue weighted by Crippen LogP contribution is -2.08. The van der Waals surface area contributed by atoms with Crippen molar-refractivity contribution in [2.24, 2.45) is 0 Å². The van der Waals surface area contributed by atoms with E-state index in [0.717, 1.165) is 11.3 Å². The Morgan fingerprint density at radius 3 is 2.84 bits per heavy atom. The highest BCUT2D eigenvalue weighted by Crippen LogP contribution is 2.13. The summed E-state index contributed by atoms with van der Waals surface area (Å²) < 4.78 is 6.40. The van der Waals surface area contributed by atoms with Gasteiger partial charge in [0, 0.05) is 12.3 Å². The normalized spacial score (nSPS) is 10.6. The number of aldehydes is 1. The molecule has 2 rings (SSSR count). The number of rotatable bonds is 4. The molecule has 2 aromatic rings. The van der Waals surface area contributed by atoms with Crippen LogP contribution in [0.3, 0.4) is 0 Å². The first-order chi connectivity index (χ1) is 9.24. The number of hydrogen-bond donors (Lipinski definition) is 0. The zero-order valence-electron chi connectivity index (χ0n) is 10.4. The number of nitrogens with zero attached hydrogens (tertiary/aromatic N) is 1. The number of carbonyl (C=O) groups is 2. The summed E-state index contributed by atoms with van der Waals surface area (Å²) in [5.41, 5.74) is 1.19. The van der Waals surface area contributed by atoms with E-state index in [9.17, 15) is 9.59 Å². The minimum absolute atomic E-state index is 0.269. The molecule has 0 N–H and O–H groups in total. The molecule has 0 bridgehead atoms. The number of allylic oxidation sites excluding steroid dienone is 1. The first-order valence-corrected chi connectivity index (χ1v) is 5.73.